The molecule has 9 unspecified atom stereocenters. The molecule has 0 amide bonds. The predicted molar refractivity (Wildman–Crippen MR) is 526 cm³/mol. The normalized spacial score (nSPS) is 15.1. The highest BCUT2D eigenvalue weighted by Crippen LogP contribution is 2.38. The Kier molecular flexibility index (Phi) is 36.1. The second-order valence-corrected chi connectivity index (χ2v) is 37.9. The minimum Gasteiger partial charge on any atom is -0.449 e. The third-order valence-corrected chi connectivity index (χ3v) is 24.8. The Labute approximate surface area is 806 Å². The van der Waals surface area contributed by atoms with Crippen LogP contribution in [0, 0.1) is 44.7 Å². The molecule has 35 heteroatoms. The molecule has 0 bridgehead atoms. The van der Waals surface area contributed by atoms with E-state index in [0.717, 1.165) is 35.0 Å². The second-order valence-electron chi connectivity index (χ2n) is 36.1. The lowest BCUT2D eigenvalue weighted by atomic mass is 9.75. The van der Waals surface area contributed by atoms with Crippen LogP contribution in [-0.2, 0) is 53.2 Å². The van der Waals surface area contributed by atoms with E-state index in [4.69, 9.17) is 41.9 Å². The van der Waals surface area contributed by atoms with E-state index in [1.165, 1.54) is 36.1 Å². The molecule has 15 rings (SSSR count). The fourth-order valence-electron chi connectivity index (χ4n) is 15.3. The first-order chi connectivity index (χ1) is 65.8. The minimum absolute atomic E-state index is 0.00537. The van der Waals surface area contributed by atoms with Gasteiger partial charge >= 0.3 is 30.5 Å². The lowest BCUT2D eigenvalue weighted by Gasteiger charge is -2.36. The zero-order valence-corrected chi connectivity index (χ0v) is 82.0. The zero-order valence-electron chi connectivity index (χ0n) is 81.1. The number of carbonyl (C=O) groups is 6. The number of rotatable bonds is 22. The number of nitrogens with zero attached hydrogens (tertiary/aromatic N) is 14. The van der Waals surface area contributed by atoms with Gasteiger partial charge in [-0.25, -0.2) is 102 Å². The molecule has 0 spiro atoms. The lowest BCUT2D eigenvalue weighted by Crippen LogP contribution is -2.41. The van der Waals surface area contributed by atoms with Crippen LogP contribution >= 0.6 is 0 Å². The van der Waals surface area contributed by atoms with E-state index in [-0.39, 0.29) is 66.5 Å². The number of aliphatic hydroxyl groups is 7. The van der Waals surface area contributed by atoms with Crippen molar-refractivity contribution in [2.24, 2.45) is 17.8 Å². The van der Waals surface area contributed by atoms with Crippen LogP contribution in [0.2, 0.25) is 0 Å². The quantitative estimate of drug-likeness (QED) is 0.0143. The fraction of sp³-hybridized carbons (Fsp3) is 0.385. The molecule has 14 aromatic rings. The number of aliphatic hydroxyl groups excluding tert-OH is 7. The summed E-state index contributed by atoms with van der Waals surface area (Å²) in [6.07, 6.45) is -5.27. The molecule has 1 saturated carbocycles. The van der Waals surface area contributed by atoms with Crippen molar-refractivity contribution in [2.45, 2.75) is 234 Å². The van der Waals surface area contributed by atoms with Crippen molar-refractivity contribution >= 4 is 112 Å². The number of imidazole rings is 6. The van der Waals surface area contributed by atoms with Gasteiger partial charge in [0.05, 0.1) is 83.8 Å². The van der Waals surface area contributed by atoms with E-state index in [1.807, 2.05) is 95.3 Å². The number of fused-ring (bicyclic) bond motifs is 6. The summed E-state index contributed by atoms with van der Waals surface area (Å²) in [4.78, 5) is 108. The highest BCUT2D eigenvalue weighted by molar-refractivity contribution is 7.90. The Balaban J connectivity index is 0.000000173. The number of benzene rings is 8. The molecular formula is C104H122N14O20S. The Morgan fingerprint density at radius 2 is 0.950 bits per heavy atom. The van der Waals surface area contributed by atoms with Crippen molar-refractivity contribution in [3.63, 3.8) is 0 Å². The number of aryl methyl sites for hydroxylation is 3. The number of carbonyl (C=O) groups excluding carboxylic acids is 6. The summed E-state index contributed by atoms with van der Waals surface area (Å²) < 4.78 is 61.0. The largest absolute Gasteiger partial charge is 0.449 e. The first-order valence-electron chi connectivity index (χ1n) is 45.7. The fourth-order valence-corrected chi connectivity index (χ4v) is 16.8. The summed E-state index contributed by atoms with van der Waals surface area (Å²) in [6, 6.07) is 54.5. The van der Waals surface area contributed by atoms with Crippen LogP contribution < -0.4 is 0 Å². The van der Waals surface area contributed by atoms with Gasteiger partial charge in [0.15, 0.2) is 23.3 Å². The minimum atomic E-state index is -3.71. The van der Waals surface area contributed by atoms with Crippen LogP contribution in [-0.4, -0.2) is 192 Å². The van der Waals surface area contributed by atoms with E-state index in [2.05, 4.69) is 66.9 Å². The van der Waals surface area contributed by atoms with Crippen LogP contribution in [0.4, 0.5) is 24.0 Å². The average Bonchev–Trinajstić information content (AvgIpc) is 1.62. The van der Waals surface area contributed by atoms with E-state index < -0.39 is 93.9 Å². The van der Waals surface area contributed by atoms with Crippen molar-refractivity contribution in [1.82, 2.24) is 56.7 Å². The van der Waals surface area contributed by atoms with Gasteiger partial charge in [-0.3, -0.25) is 4.79 Å². The first kappa shape index (κ1) is 107. The van der Waals surface area contributed by atoms with Crippen LogP contribution in [0.5, 0.6) is 0 Å². The van der Waals surface area contributed by atoms with Gasteiger partial charge in [0, 0.05) is 24.2 Å². The summed E-state index contributed by atoms with van der Waals surface area (Å²) in [7, 11) is -3.71. The Hall–Kier alpha value is -14.0. The maximum atomic E-state index is 13.3. The highest BCUT2D eigenvalue weighted by atomic mass is 32.2. The SMILES string of the molecule is C=CC(C)(C)OC(=O)n1c(C(C)O)nc2cc(C)c(C)cc21.CC1CCC(C(C)C)C(OC(=O)n2c(C(O)C(O)C(O)C(C)O)nc3ccccc32)C1.CCOC(=O)n1c(C(C)O)nc2cc(C(=O)c3ccccc3)ccc21.O=S(=O)(c1ccccc1)n1c(CCCO)nc2ccccc21.[C-]#[N+]Cc1nc2ccccc2n1C(=O)OC(C)(C)C.[C-]#[N+]Cc1nc2ccccc2n1C(=O)OC(C)(C)CC. The molecule has 1 aliphatic rings. The molecule has 9 atom stereocenters. The summed E-state index contributed by atoms with van der Waals surface area (Å²) in [5.74, 6) is 2.49. The van der Waals surface area contributed by atoms with Crippen molar-refractivity contribution in [3.8, 4) is 0 Å². The van der Waals surface area contributed by atoms with Crippen LogP contribution in [0.3, 0.4) is 0 Å². The van der Waals surface area contributed by atoms with Crippen LogP contribution in [0.1, 0.15) is 216 Å². The molecule has 34 nitrogen and oxygen atoms in total. The van der Waals surface area contributed by atoms with Gasteiger partial charge < -0.3 is 69.1 Å². The molecule has 734 valence electrons. The number of hydrogen-bond donors (Lipinski definition) is 7. The van der Waals surface area contributed by atoms with E-state index in [0.29, 0.717) is 126 Å². The molecule has 1 aliphatic carbocycles. The van der Waals surface area contributed by atoms with Gasteiger partial charge in [-0.05, 0) is 242 Å². The molecule has 1 fully saturated rings. The lowest BCUT2D eigenvalue weighted by molar-refractivity contribution is -0.104. The Morgan fingerprint density at radius 3 is 1.45 bits per heavy atom. The number of para-hydroxylation sites is 8. The van der Waals surface area contributed by atoms with Gasteiger partial charge in [-0.15, -0.1) is 0 Å². The van der Waals surface area contributed by atoms with Gasteiger partial charge in [-0.1, -0.05) is 138 Å². The van der Waals surface area contributed by atoms with E-state index in [1.54, 1.807) is 182 Å². The topological polar surface area (TPSA) is 440 Å². The first-order valence-corrected chi connectivity index (χ1v) is 47.2. The number of ether oxygens (including phenoxy) is 5. The maximum Gasteiger partial charge on any atom is 0.420 e. The van der Waals surface area contributed by atoms with Gasteiger partial charge in [0.25, 0.3) is 23.1 Å². The smallest absolute Gasteiger partial charge is 0.420 e. The van der Waals surface area contributed by atoms with Gasteiger partial charge in [0.1, 0.15) is 70.9 Å². The van der Waals surface area contributed by atoms with Crippen LogP contribution in [0.25, 0.3) is 75.9 Å². The molecular weight excluding hydrogens is 1800 g/mol. The average molecular weight is 1920 g/mol. The third-order valence-electron chi connectivity index (χ3n) is 23.0. The van der Waals surface area contributed by atoms with Gasteiger partial charge in [-0.2, -0.15) is 0 Å². The van der Waals surface area contributed by atoms with Gasteiger partial charge in [0.2, 0.25) is 0 Å². The summed E-state index contributed by atoms with van der Waals surface area (Å²) in [6.45, 7) is 48.9. The Morgan fingerprint density at radius 1 is 0.504 bits per heavy atom. The predicted octanol–water partition coefficient (Wildman–Crippen LogP) is 18.7. The molecule has 0 saturated heterocycles. The van der Waals surface area contributed by atoms with E-state index in [9.17, 15) is 67.8 Å². The van der Waals surface area contributed by atoms with Crippen LogP contribution in [0.15, 0.2) is 206 Å². The maximum absolute atomic E-state index is 13.3. The standard InChI is InChI=1S/C23H34N2O6.C19H18N2O4.C17H22N2O3.C16H16N2O3S.C15H17N3O2.C14H15N3O2/c1-12(2)15-10-9-13(3)11-18(15)31-23(30)25-17-8-6-5-7-16(17)24-22(25)21(29)20(28)19(27)14(4)26;1-3-25-19(24)21-16-10-9-14(11-15(16)20-18(21)12(2)22)17(23)13-7-5-4-6-8-13;1-7-17(5,6)22-16(21)19-14-9-11(3)10(2)8-13(14)18-15(19)12(4)20;19-12-6-11-16-17-14-9-4-5-10-15(14)18(16)22(20,21)13-7-2-1-3-8-13;1-5-15(2,3)20-14(19)18-12-9-7-6-8-11(12)17-13(18)10-16-4;1-14(2,3)19-13(18)17-11-8-6-5-7-10(11)16-12(17)9-15-4/h5-8,12-15,18-21,26-29H,9-11H2,1-4H3;4-12,22H,3H2,1-2H3;7-9,12,20H,1H2,2-6H3;1-5,7-10,19H,6,11-12H2;6-9H,5,10H2,1-3H3;5-8H,9H2,1-3H3. The van der Waals surface area contributed by atoms with Crippen molar-refractivity contribution in [3.05, 3.63) is 281 Å². The molecule has 7 N–H and O–H groups in total. The molecule has 0 radical (unpaired) electrons. The molecule has 139 heavy (non-hydrogen) atoms. The van der Waals surface area contributed by atoms with E-state index >= 15 is 0 Å². The zero-order chi connectivity index (χ0) is 102. The summed E-state index contributed by atoms with van der Waals surface area (Å²) in [5.41, 5.74) is 8.23. The number of ketones is 1. The monoisotopic (exact) mass is 1920 g/mol. The summed E-state index contributed by atoms with van der Waals surface area (Å²) in [5, 5.41) is 69.5. The number of aromatic nitrogens is 12. The third kappa shape index (κ3) is 26.1. The molecule has 6 aromatic heterocycles. The van der Waals surface area contributed by atoms with Crippen molar-refractivity contribution < 1.29 is 96.6 Å². The summed E-state index contributed by atoms with van der Waals surface area (Å²) >= 11 is 0. The number of hydrogen-bond acceptors (Lipinski definition) is 26. The molecule has 8 aromatic carbocycles. The highest BCUT2D eigenvalue weighted by Gasteiger charge is 2.39. The Bertz CT molecular complexity index is 6910. The van der Waals surface area contributed by atoms with Crippen molar-refractivity contribution in [1.29, 1.82) is 0 Å². The van der Waals surface area contributed by atoms with Crippen molar-refractivity contribution in [2.75, 3.05) is 13.2 Å². The second kappa shape index (κ2) is 46.9. The molecule has 0 aliphatic heterocycles. The molecule has 6 heterocycles.